The summed E-state index contributed by atoms with van der Waals surface area (Å²) in [5, 5.41) is 46.6. The molecule has 0 aliphatic rings. The van der Waals surface area contributed by atoms with Crippen molar-refractivity contribution in [2.75, 3.05) is 0 Å². The molecule has 0 N–H and O–H groups in total. The third-order valence-corrected chi connectivity index (χ3v) is 31.6. The summed E-state index contributed by atoms with van der Waals surface area (Å²) in [6.45, 7) is 0. The van der Waals surface area contributed by atoms with E-state index in [4.69, 9.17) is 0 Å². The fraction of sp³-hybridized carbons (Fsp3) is 0. The van der Waals surface area contributed by atoms with E-state index in [1.807, 2.05) is 0 Å². The number of nitrogens with zero attached hydrogens (tertiary/aromatic N) is 3. The lowest BCUT2D eigenvalue weighted by Crippen LogP contribution is -1.95. The number of rotatable bonds is 8. The van der Waals surface area contributed by atoms with Crippen LogP contribution in [0, 0.1) is 0 Å². The van der Waals surface area contributed by atoms with Crippen LogP contribution in [-0.2, 0) is 0 Å². The first kappa shape index (κ1) is 83.5. The van der Waals surface area contributed by atoms with E-state index in [0.717, 1.165) is 5.69 Å². The molecule has 0 fully saturated rings. The largest absolute Gasteiger partial charge is 0.309 e. The molecule has 3 nitrogen and oxygen atoms in total. The summed E-state index contributed by atoms with van der Waals surface area (Å²) < 4.78 is 7.35. The van der Waals surface area contributed by atoms with E-state index in [0.29, 0.717) is 0 Å². The van der Waals surface area contributed by atoms with Gasteiger partial charge in [-0.05, 0) is 320 Å². The highest BCUT2D eigenvalue weighted by Crippen LogP contribution is 2.52. The Morgan fingerprint density at radius 3 is 0.463 bits per heavy atom. The second-order valence-corrected chi connectivity index (χ2v) is 39.4. The normalized spacial score (nSPS) is 11.9. The maximum absolute atomic E-state index is 2.46. The molecule has 0 spiro atoms. The molecular weight excluding hydrogens is 1770 g/mol. The van der Waals surface area contributed by atoms with E-state index in [1.165, 1.54) is 294 Å². The van der Waals surface area contributed by atoms with Gasteiger partial charge in [-0.25, -0.2) is 0 Å². The van der Waals surface area contributed by atoms with Crippen LogP contribution in [0.5, 0.6) is 0 Å². The highest BCUT2D eigenvalue weighted by atomic mass is 15.0. The van der Waals surface area contributed by atoms with E-state index in [2.05, 4.69) is 554 Å². The number of hydrogen-bond acceptors (Lipinski definition) is 0. The average Bonchev–Trinajstić information content (AvgIpc) is 0.948. The van der Waals surface area contributed by atoms with E-state index in [-0.39, 0.29) is 0 Å². The smallest absolute Gasteiger partial charge is 0.0541 e. The molecule has 0 saturated carbocycles. The SMILES string of the molecule is c1ccc(-c2ccc3c(c2)c2cc(-c4ccccc4)ccc2n3-c2ccc3c(c2)c2ccccc2c2c4ccccc4c4ccccc4c32)cc1.c1ccc(-c2ccc3c(c2)c2ccccc2c2c4ccc(-n5c6ccccc6c6cc(-c7ccccc7)ccc65)cc4c4ccccc4c32)cc1.c1ccc(-c2ccc3c(c2)c2ccccc2n3-c2ccc3c(c2)c2ccccc2c2c4ccccc4c4ccccc4c32)cc1. The van der Waals surface area contributed by atoms with Gasteiger partial charge in [0, 0.05) is 49.4 Å². The molecule has 0 bridgehead atoms. The first-order chi connectivity index (χ1) is 73.0. The molecule has 0 radical (unpaired) electrons. The summed E-state index contributed by atoms with van der Waals surface area (Å²) in [7, 11) is 0. The molecule has 0 unspecified atom stereocenters. The summed E-state index contributed by atoms with van der Waals surface area (Å²) in [5.74, 6) is 0. The van der Waals surface area contributed by atoms with Gasteiger partial charge in [-0.15, -0.1) is 0 Å². The van der Waals surface area contributed by atoms with Crippen molar-refractivity contribution in [2.24, 2.45) is 0 Å². The van der Waals surface area contributed by atoms with Gasteiger partial charge in [-0.1, -0.05) is 437 Å². The van der Waals surface area contributed by atoms with E-state index in [1.54, 1.807) is 0 Å². The molecule has 0 aliphatic heterocycles. The number of benzene rings is 29. The Balaban J connectivity index is 0.000000102. The Morgan fingerprint density at radius 2 is 0.231 bits per heavy atom. The van der Waals surface area contributed by atoms with Gasteiger partial charge in [0.15, 0.2) is 0 Å². The zero-order chi connectivity index (χ0) is 96.4. The summed E-state index contributed by atoms with van der Waals surface area (Å²) in [6.07, 6.45) is 0. The monoisotopic (exact) mass is 1860 g/mol. The Hall–Kier alpha value is -19.3. The fourth-order valence-corrected chi connectivity index (χ4v) is 25.2. The number of hydrogen-bond donors (Lipinski definition) is 0. The number of aromatic nitrogens is 3. The minimum absolute atomic E-state index is 1.16. The van der Waals surface area contributed by atoms with Gasteiger partial charge in [0.05, 0.1) is 33.1 Å². The van der Waals surface area contributed by atoms with Crippen LogP contribution in [0.25, 0.3) is 300 Å². The van der Waals surface area contributed by atoms with E-state index >= 15 is 0 Å². The molecule has 3 heterocycles. The van der Waals surface area contributed by atoms with Crippen molar-refractivity contribution in [3.05, 3.63) is 540 Å². The second kappa shape index (κ2) is 33.7. The van der Waals surface area contributed by atoms with Crippen molar-refractivity contribution >= 4 is 227 Å². The van der Waals surface area contributed by atoms with Crippen LogP contribution in [0.1, 0.15) is 0 Å². The van der Waals surface area contributed by atoms with Crippen LogP contribution in [0.4, 0.5) is 0 Å². The molecule has 0 amide bonds. The summed E-state index contributed by atoms with van der Waals surface area (Å²) >= 11 is 0. The van der Waals surface area contributed by atoms with Gasteiger partial charge < -0.3 is 13.7 Å². The van der Waals surface area contributed by atoms with Gasteiger partial charge >= 0.3 is 0 Å². The molecule has 0 saturated heterocycles. The molecule has 32 rings (SSSR count). The quantitative estimate of drug-likeness (QED) is 0.135. The van der Waals surface area contributed by atoms with Crippen LogP contribution in [0.3, 0.4) is 0 Å². The Morgan fingerprint density at radius 1 is 0.0816 bits per heavy atom. The molecule has 32 aromatic rings. The molecule has 0 aliphatic carbocycles. The molecule has 29 aromatic carbocycles. The van der Waals surface area contributed by atoms with Crippen molar-refractivity contribution in [3.63, 3.8) is 0 Å². The zero-order valence-corrected chi connectivity index (χ0v) is 80.2. The Labute approximate surface area is 847 Å². The fourth-order valence-electron chi connectivity index (χ4n) is 25.2. The van der Waals surface area contributed by atoms with Crippen molar-refractivity contribution in [1.29, 1.82) is 0 Å². The third-order valence-electron chi connectivity index (χ3n) is 31.6. The highest BCUT2D eigenvalue weighted by Gasteiger charge is 2.26. The maximum atomic E-state index is 2.46. The average molecular weight is 1860 g/mol. The van der Waals surface area contributed by atoms with E-state index in [9.17, 15) is 0 Å². The van der Waals surface area contributed by atoms with Gasteiger partial charge in [-0.3, -0.25) is 0 Å². The number of fused-ring (bicyclic) bond motifs is 42. The summed E-state index contributed by atoms with van der Waals surface area (Å²) in [6, 6.07) is 199. The van der Waals surface area contributed by atoms with Crippen molar-refractivity contribution in [2.45, 2.75) is 0 Å². The summed E-state index contributed by atoms with van der Waals surface area (Å²) in [4.78, 5) is 0. The summed E-state index contributed by atoms with van der Waals surface area (Å²) in [5.41, 5.74) is 23.1. The topological polar surface area (TPSA) is 14.8 Å². The van der Waals surface area contributed by atoms with Crippen LogP contribution < -0.4 is 0 Å². The second-order valence-electron chi connectivity index (χ2n) is 39.4. The van der Waals surface area contributed by atoms with Gasteiger partial charge in [0.1, 0.15) is 0 Å². The van der Waals surface area contributed by atoms with Crippen molar-refractivity contribution in [1.82, 2.24) is 13.7 Å². The molecule has 3 heteroatoms. The lowest BCUT2D eigenvalue weighted by molar-refractivity contribution is 1.19. The highest BCUT2D eigenvalue weighted by molar-refractivity contribution is 6.43. The molecule has 3 aromatic heterocycles. The first-order valence-electron chi connectivity index (χ1n) is 51.0. The van der Waals surface area contributed by atoms with Gasteiger partial charge in [0.25, 0.3) is 0 Å². The predicted octanol–water partition coefficient (Wildman–Crippen LogP) is 40.0. The van der Waals surface area contributed by atoms with Crippen LogP contribution in [-0.4, -0.2) is 13.7 Å². The predicted molar refractivity (Wildman–Crippen MR) is 632 cm³/mol. The van der Waals surface area contributed by atoms with Crippen LogP contribution in [0.15, 0.2) is 540 Å². The third kappa shape index (κ3) is 13.2. The Kier molecular flexibility index (Phi) is 19.1. The molecular formula is C144H89N3. The zero-order valence-electron chi connectivity index (χ0n) is 80.2. The lowest BCUT2D eigenvalue weighted by atomic mass is 9.86. The number of para-hydroxylation sites is 2. The molecule has 147 heavy (non-hydrogen) atoms. The van der Waals surface area contributed by atoms with E-state index < -0.39 is 0 Å². The van der Waals surface area contributed by atoms with Crippen LogP contribution in [0.2, 0.25) is 0 Å². The van der Waals surface area contributed by atoms with Gasteiger partial charge in [-0.2, -0.15) is 0 Å². The van der Waals surface area contributed by atoms with Crippen LogP contribution >= 0.6 is 0 Å². The van der Waals surface area contributed by atoms with Gasteiger partial charge in [0.2, 0.25) is 0 Å². The Bertz CT molecular complexity index is 11000. The molecule has 680 valence electrons. The molecule has 0 atom stereocenters. The lowest BCUT2D eigenvalue weighted by Gasteiger charge is -2.18. The minimum Gasteiger partial charge on any atom is -0.309 e. The van der Waals surface area contributed by atoms with Crippen molar-refractivity contribution in [3.8, 4) is 72.7 Å². The standard InChI is InChI=1S/2C50H31N.C44H27N/c1-3-13-32(14-4-1)34-23-27-47-45(29-34)46-30-35(33-15-5-2-6-16-33)24-28-48(46)51(47)36-25-26-43-44(31-36)39-19-9-12-22-42(39)49-40-20-10-7-17-37(40)38-18-8-11-21-41(38)50(43)49;1-3-13-32(14-4-1)34-23-26-42-44(29-34)37-17-7-9-20-40(37)50-43-27-25-36(31-45(43)38-18-8-10-21-41(38)49(42)50)51-47-22-12-11-19-39(47)46-30-35(24-28-48(46)51)33-15-5-2-6-16-33;1-2-12-28(13-3-1)29-22-25-42-40(26-29)34-17-10-11-21-41(34)45(42)30-23-24-38-39(27-30)33-16-6-9-20-37(33)43-35-18-7-4-14-31(35)32-15-5-8-19-36(32)44(38)43/h2*1-31H;1-27H. The van der Waals surface area contributed by atoms with Crippen molar-refractivity contribution < 1.29 is 0 Å². The minimum atomic E-state index is 1.16. The first-order valence-corrected chi connectivity index (χ1v) is 51.0. The maximum Gasteiger partial charge on any atom is 0.0541 e.